The fraction of sp³-hybridized carbons (Fsp3) is 0.0635. The van der Waals surface area contributed by atoms with Crippen molar-refractivity contribution in [2.45, 2.75) is 25.7 Å². The number of rotatable bonds is 13. The van der Waals surface area contributed by atoms with Gasteiger partial charge in [0.1, 0.15) is 12.1 Å². The lowest BCUT2D eigenvalue weighted by Crippen LogP contribution is -1.98. The summed E-state index contributed by atoms with van der Waals surface area (Å²) in [5, 5.41) is 19.2. The number of hydrogen-bond acceptors (Lipinski definition) is 5. The third-order valence-corrected chi connectivity index (χ3v) is 12.6. The lowest BCUT2D eigenvalue weighted by Gasteiger charge is -2.18. The van der Waals surface area contributed by atoms with Crippen molar-refractivity contribution in [2.75, 3.05) is 0 Å². The Bertz CT molecular complexity index is 3320. The summed E-state index contributed by atoms with van der Waals surface area (Å²) in [5.74, 6) is 0. The summed E-state index contributed by atoms with van der Waals surface area (Å²) in [6.45, 7) is 0. The number of nitriles is 2. The van der Waals surface area contributed by atoms with Crippen molar-refractivity contribution in [1.82, 2.24) is 15.0 Å². The molecule has 0 unspecified atom stereocenters. The van der Waals surface area contributed by atoms with E-state index in [4.69, 9.17) is 4.98 Å². The SMILES string of the molecule is N#Cc1ccc(-c2ccc(-c3cc(-c4ccccn4)ccc3-c3ccccc3-c3cc(CCc4ccc(-c5ccccn5)cc4)cc(CCc4ccc(-c5ccccn5)cc4)c3)cc2)cc1C#N. The molecule has 0 spiro atoms. The van der Waals surface area contributed by atoms with Gasteiger partial charge in [-0.1, -0.05) is 152 Å². The number of hydrogen-bond donors (Lipinski definition) is 0. The van der Waals surface area contributed by atoms with Crippen LogP contribution in [0.1, 0.15) is 33.4 Å². The number of nitrogens with zero attached hydrogens (tertiary/aromatic N) is 5. The second kappa shape index (κ2) is 20.0. The predicted molar refractivity (Wildman–Crippen MR) is 275 cm³/mol. The Hall–Kier alpha value is -9.03. The molecule has 5 heteroatoms. The van der Waals surface area contributed by atoms with Crippen molar-refractivity contribution in [3.8, 4) is 90.4 Å². The molecule has 0 atom stereocenters. The van der Waals surface area contributed by atoms with Crippen LogP contribution in [0.2, 0.25) is 0 Å². The fourth-order valence-electron chi connectivity index (χ4n) is 8.97. The Morgan fingerprint density at radius 1 is 0.279 bits per heavy atom. The Morgan fingerprint density at radius 3 is 1.25 bits per heavy atom. The van der Waals surface area contributed by atoms with E-state index < -0.39 is 0 Å². The average molecular weight is 872 g/mol. The van der Waals surface area contributed by atoms with E-state index in [2.05, 4.69) is 156 Å². The molecular weight excluding hydrogens is 827 g/mol. The molecule has 3 aromatic heterocycles. The normalized spacial score (nSPS) is 10.9. The van der Waals surface area contributed by atoms with Crippen LogP contribution in [0.15, 0.2) is 225 Å². The molecule has 0 radical (unpaired) electrons. The van der Waals surface area contributed by atoms with Gasteiger partial charge in [0.05, 0.1) is 28.2 Å². The van der Waals surface area contributed by atoms with Crippen LogP contribution in [0.3, 0.4) is 0 Å². The van der Waals surface area contributed by atoms with Crippen LogP contribution in [0.25, 0.3) is 78.3 Å². The minimum absolute atomic E-state index is 0.369. The highest BCUT2D eigenvalue weighted by Gasteiger charge is 2.17. The topological polar surface area (TPSA) is 86.2 Å². The number of pyridine rings is 3. The van der Waals surface area contributed by atoms with Crippen LogP contribution >= 0.6 is 0 Å². The van der Waals surface area contributed by atoms with Gasteiger partial charge in [0, 0.05) is 35.3 Å². The van der Waals surface area contributed by atoms with E-state index in [0.717, 1.165) is 92.8 Å². The highest BCUT2D eigenvalue weighted by Crippen LogP contribution is 2.41. The van der Waals surface area contributed by atoms with Gasteiger partial charge in [-0.25, -0.2) is 0 Å². The highest BCUT2D eigenvalue weighted by atomic mass is 14.7. The summed E-state index contributed by atoms with van der Waals surface area (Å²) < 4.78 is 0. The minimum atomic E-state index is 0.369. The average Bonchev–Trinajstić information content (AvgIpc) is 3.42. The maximum Gasteiger partial charge on any atom is 0.101 e. The lowest BCUT2D eigenvalue weighted by atomic mass is 9.86. The van der Waals surface area contributed by atoms with E-state index in [0.29, 0.717) is 11.1 Å². The molecule has 5 nitrogen and oxygen atoms in total. The first kappa shape index (κ1) is 42.9. The summed E-state index contributed by atoms with van der Waals surface area (Å²) in [4.78, 5) is 13.8. The van der Waals surface area contributed by atoms with Crippen LogP contribution in [-0.2, 0) is 25.7 Å². The van der Waals surface area contributed by atoms with Crippen LogP contribution in [0.5, 0.6) is 0 Å². The molecule has 7 aromatic carbocycles. The summed E-state index contributed by atoms with van der Waals surface area (Å²) in [7, 11) is 0. The molecule has 10 rings (SSSR count). The van der Waals surface area contributed by atoms with Gasteiger partial charge in [-0.05, 0) is 147 Å². The maximum absolute atomic E-state index is 9.73. The molecular formula is C63H45N5. The molecule has 3 heterocycles. The number of aryl methyl sites for hydroxylation is 4. The molecule has 0 aliphatic carbocycles. The van der Waals surface area contributed by atoms with Crippen LogP contribution < -0.4 is 0 Å². The van der Waals surface area contributed by atoms with Gasteiger partial charge in [0.2, 0.25) is 0 Å². The Kier molecular flexibility index (Phi) is 12.6. The van der Waals surface area contributed by atoms with E-state index in [1.54, 1.807) is 12.1 Å². The first-order valence-corrected chi connectivity index (χ1v) is 22.9. The van der Waals surface area contributed by atoms with Gasteiger partial charge in [0.25, 0.3) is 0 Å². The Balaban J connectivity index is 1.02. The molecule has 0 N–H and O–H groups in total. The van der Waals surface area contributed by atoms with Gasteiger partial charge >= 0.3 is 0 Å². The lowest BCUT2D eigenvalue weighted by molar-refractivity contribution is 0.931. The van der Waals surface area contributed by atoms with Crippen molar-refractivity contribution in [3.05, 3.63) is 258 Å². The van der Waals surface area contributed by atoms with Gasteiger partial charge in [0.15, 0.2) is 0 Å². The molecule has 322 valence electrons. The zero-order chi connectivity index (χ0) is 46.1. The minimum Gasteiger partial charge on any atom is -0.256 e. The van der Waals surface area contributed by atoms with E-state index in [9.17, 15) is 10.5 Å². The quantitative estimate of drug-likeness (QED) is 0.115. The summed E-state index contributed by atoms with van der Waals surface area (Å²) in [5.41, 5.74) is 20.7. The molecule has 0 aliphatic heterocycles. The van der Waals surface area contributed by atoms with Crippen LogP contribution in [-0.4, -0.2) is 15.0 Å². The van der Waals surface area contributed by atoms with Gasteiger partial charge in [-0.15, -0.1) is 0 Å². The molecule has 0 fully saturated rings. The summed E-state index contributed by atoms with van der Waals surface area (Å²) in [6.07, 6.45) is 9.14. The van der Waals surface area contributed by atoms with E-state index in [1.807, 2.05) is 79.3 Å². The molecule has 0 bridgehead atoms. The number of benzene rings is 7. The first-order chi connectivity index (χ1) is 33.6. The molecule has 0 amide bonds. The zero-order valence-corrected chi connectivity index (χ0v) is 37.4. The molecule has 0 aliphatic rings. The van der Waals surface area contributed by atoms with E-state index >= 15 is 0 Å². The van der Waals surface area contributed by atoms with Crippen molar-refractivity contribution in [1.29, 1.82) is 10.5 Å². The molecule has 68 heavy (non-hydrogen) atoms. The van der Waals surface area contributed by atoms with Crippen molar-refractivity contribution < 1.29 is 0 Å². The number of aromatic nitrogens is 3. The van der Waals surface area contributed by atoms with Crippen LogP contribution in [0, 0.1) is 22.7 Å². The standard InChI is InChI=1S/C63H45N5/c64-42-54-31-30-52(40-56(54)43-65)48-26-28-49(29-27-48)60-41-53(63-13-5-8-36-68-63)32-33-59(60)58-10-2-1-9-57(58)55-38-46(16-14-44-18-22-50(23-19-44)61-11-3-6-34-66-61)37-47(39-55)17-15-45-20-24-51(25-21-45)62-12-4-7-35-67-62/h1-13,18-41H,14-17H2. The fourth-order valence-corrected chi connectivity index (χ4v) is 8.97. The third-order valence-electron chi connectivity index (χ3n) is 12.6. The molecule has 0 saturated carbocycles. The van der Waals surface area contributed by atoms with E-state index in [-0.39, 0.29) is 0 Å². The molecule has 0 saturated heterocycles. The third kappa shape index (κ3) is 9.65. The highest BCUT2D eigenvalue weighted by molar-refractivity contribution is 5.94. The monoisotopic (exact) mass is 871 g/mol. The maximum atomic E-state index is 9.73. The summed E-state index contributed by atoms with van der Waals surface area (Å²) >= 11 is 0. The smallest absolute Gasteiger partial charge is 0.101 e. The van der Waals surface area contributed by atoms with Crippen molar-refractivity contribution in [2.24, 2.45) is 0 Å². The van der Waals surface area contributed by atoms with E-state index in [1.165, 1.54) is 33.4 Å². The van der Waals surface area contributed by atoms with Gasteiger partial charge < -0.3 is 0 Å². The Morgan fingerprint density at radius 2 is 0.721 bits per heavy atom. The second-order valence-electron chi connectivity index (χ2n) is 16.9. The first-order valence-electron chi connectivity index (χ1n) is 22.9. The predicted octanol–water partition coefficient (Wildman–Crippen LogP) is 14.9. The van der Waals surface area contributed by atoms with Crippen molar-refractivity contribution in [3.63, 3.8) is 0 Å². The van der Waals surface area contributed by atoms with Gasteiger partial charge in [-0.3, -0.25) is 15.0 Å². The van der Waals surface area contributed by atoms with Crippen molar-refractivity contribution >= 4 is 0 Å². The summed E-state index contributed by atoms with van der Waals surface area (Å²) in [6, 6.07) is 76.5. The Labute approximate surface area is 398 Å². The zero-order valence-electron chi connectivity index (χ0n) is 37.4. The van der Waals surface area contributed by atoms with Gasteiger partial charge in [-0.2, -0.15) is 10.5 Å². The second-order valence-corrected chi connectivity index (χ2v) is 16.9. The van der Waals surface area contributed by atoms with Crippen LogP contribution in [0.4, 0.5) is 0 Å². The molecule has 10 aromatic rings. The largest absolute Gasteiger partial charge is 0.256 e.